The van der Waals surface area contributed by atoms with Crippen LogP contribution in [0.3, 0.4) is 0 Å². The fraction of sp³-hybridized carbons (Fsp3) is 0.846. The van der Waals surface area contributed by atoms with Crippen LogP contribution in [0.2, 0.25) is 0 Å². The Balaban J connectivity index is 2.61. The standard InChI is InChI=1S/C13H23NO5/c1-5-18-11(15)8-10-9-17-7-6-14(10)12(16)19-13(2,3)4/h10H,5-9H2,1-4H3/t10-/m0/s1. The van der Waals surface area contributed by atoms with E-state index in [-0.39, 0.29) is 18.4 Å². The maximum absolute atomic E-state index is 12.1. The van der Waals surface area contributed by atoms with Crippen molar-refractivity contribution >= 4 is 12.1 Å². The lowest BCUT2D eigenvalue weighted by Crippen LogP contribution is -2.51. The number of morpholine rings is 1. The molecule has 1 saturated heterocycles. The van der Waals surface area contributed by atoms with Crippen LogP contribution in [0.1, 0.15) is 34.1 Å². The van der Waals surface area contributed by atoms with Crippen molar-refractivity contribution in [3.63, 3.8) is 0 Å². The summed E-state index contributed by atoms with van der Waals surface area (Å²) in [6.45, 7) is 8.73. The number of carbonyl (C=O) groups is 2. The number of hydrogen-bond donors (Lipinski definition) is 0. The van der Waals surface area contributed by atoms with Gasteiger partial charge in [-0.05, 0) is 27.7 Å². The zero-order valence-corrected chi connectivity index (χ0v) is 12.1. The summed E-state index contributed by atoms with van der Waals surface area (Å²) in [6.07, 6.45) is -0.280. The van der Waals surface area contributed by atoms with E-state index in [4.69, 9.17) is 14.2 Å². The molecule has 1 aliphatic heterocycles. The molecule has 0 N–H and O–H groups in total. The number of amides is 1. The summed E-state index contributed by atoms with van der Waals surface area (Å²) in [5.41, 5.74) is -0.552. The van der Waals surface area contributed by atoms with Gasteiger partial charge in [0.1, 0.15) is 5.60 Å². The highest BCUT2D eigenvalue weighted by atomic mass is 16.6. The van der Waals surface area contributed by atoms with E-state index < -0.39 is 11.7 Å². The van der Waals surface area contributed by atoms with E-state index in [2.05, 4.69) is 0 Å². The van der Waals surface area contributed by atoms with E-state index in [9.17, 15) is 9.59 Å². The Morgan fingerprint density at radius 3 is 2.63 bits per heavy atom. The quantitative estimate of drug-likeness (QED) is 0.730. The van der Waals surface area contributed by atoms with E-state index in [0.29, 0.717) is 26.4 Å². The van der Waals surface area contributed by atoms with Gasteiger partial charge in [-0.25, -0.2) is 4.79 Å². The van der Waals surface area contributed by atoms with Gasteiger partial charge < -0.3 is 14.2 Å². The van der Waals surface area contributed by atoms with Crippen LogP contribution >= 0.6 is 0 Å². The monoisotopic (exact) mass is 273 g/mol. The first-order valence-electron chi connectivity index (χ1n) is 6.56. The third-order valence-electron chi connectivity index (χ3n) is 2.56. The van der Waals surface area contributed by atoms with Gasteiger partial charge in [0.25, 0.3) is 0 Å². The molecular weight excluding hydrogens is 250 g/mol. The molecule has 0 saturated carbocycles. The summed E-state index contributed by atoms with van der Waals surface area (Å²) in [6, 6.07) is -0.317. The largest absolute Gasteiger partial charge is 0.466 e. The number of ether oxygens (including phenoxy) is 3. The first-order valence-corrected chi connectivity index (χ1v) is 6.56. The van der Waals surface area contributed by atoms with E-state index >= 15 is 0 Å². The van der Waals surface area contributed by atoms with Crippen molar-refractivity contribution in [2.24, 2.45) is 0 Å². The van der Waals surface area contributed by atoms with Crippen LogP contribution in [0, 0.1) is 0 Å². The highest BCUT2D eigenvalue weighted by Crippen LogP contribution is 2.16. The van der Waals surface area contributed by atoms with E-state index in [0.717, 1.165) is 0 Å². The summed E-state index contributed by atoms with van der Waals surface area (Å²) < 4.78 is 15.5. The van der Waals surface area contributed by atoms with Crippen LogP contribution in [-0.2, 0) is 19.0 Å². The molecule has 0 aromatic rings. The zero-order valence-electron chi connectivity index (χ0n) is 12.1. The number of esters is 1. The molecule has 110 valence electrons. The van der Waals surface area contributed by atoms with Crippen LogP contribution in [0.25, 0.3) is 0 Å². The smallest absolute Gasteiger partial charge is 0.410 e. The predicted molar refractivity (Wildman–Crippen MR) is 68.8 cm³/mol. The number of hydrogen-bond acceptors (Lipinski definition) is 5. The average Bonchev–Trinajstić information content (AvgIpc) is 2.27. The highest BCUT2D eigenvalue weighted by molar-refractivity contribution is 5.73. The Labute approximate surface area is 114 Å². The Morgan fingerprint density at radius 2 is 2.05 bits per heavy atom. The highest BCUT2D eigenvalue weighted by Gasteiger charge is 2.32. The van der Waals surface area contributed by atoms with Crippen molar-refractivity contribution < 1.29 is 23.8 Å². The van der Waals surface area contributed by atoms with Gasteiger partial charge in [-0.2, -0.15) is 0 Å². The fourth-order valence-corrected chi connectivity index (χ4v) is 1.80. The minimum absolute atomic E-state index is 0.132. The van der Waals surface area contributed by atoms with E-state index in [1.54, 1.807) is 11.8 Å². The molecule has 1 atom stereocenters. The van der Waals surface area contributed by atoms with Gasteiger partial charge in [0.15, 0.2) is 0 Å². The Kier molecular flexibility index (Phi) is 5.60. The molecule has 0 aromatic heterocycles. The first-order chi connectivity index (χ1) is 8.83. The number of rotatable bonds is 3. The van der Waals surface area contributed by atoms with Gasteiger partial charge in [-0.15, -0.1) is 0 Å². The van der Waals surface area contributed by atoms with Gasteiger partial charge in [-0.1, -0.05) is 0 Å². The van der Waals surface area contributed by atoms with Crippen LogP contribution in [-0.4, -0.2) is 55.0 Å². The van der Waals surface area contributed by atoms with E-state index in [1.165, 1.54) is 0 Å². The molecule has 0 aromatic carbocycles. The molecule has 0 aliphatic carbocycles. The second-order valence-electron chi connectivity index (χ2n) is 5.41. The van der Waals surface area contributed by atoms with Crippen molar-refractivity contribution in [1.29, 1.82) is 0 Å². The normalized spacial score (nSPS) is 20.0. The van der Waals surface area contributed by atoms with Crippen LogP contribution < -0.4 is 0 Å². The van der Waals surface area contributed by atoms with Gasteiger partial charge in [0, 0.05) is 6.54 Å². The van der Waals surface area contributed by atoms with Gasteiger partial charge >= 0.3 is 12.1 Å². The molecule has 0 spiro atoms. The molecule has 0 bridgehead atoms. The third-order valence-corrected chi connectivity index (χ3v) is 2.56. The fourth-order valence-electron chi connectivity index (χ4n) is 1.80. The Hall–Kier alpha value is -1.30. The molecule has 0 unspecified atom stereocenters. The number of carbonyl (C=O) groups excluding carboxylic acids is 2. The Bertz CT molecular complexity index is 323. The maximum atomic E-state index is 12.1. The summed E-state index contributed by atoms with van der Waals surface area (Å²) in [5, 5.41) is 0. The Morgan fingerprint density at radius 1 is 1.37 bits per heavy atom. The molecule has 19 heavy (non-hydrogen) atoms. The van der Waals surface area contributed by atoms with Crippen LogP contribution in [0.15, 0.2) is 0 Å². The summed E-state index contributed by atoms with van der Waals surface area (Å²) in [4.78, 5) is 25.1. The van der Waals surface area contributed by atoms with Crippen molar-refractivity contribution in [1.82, 2.24) is 4.90 Å². The zero-order chi connectivity index (χ0) is 14.5. The summed E-state index contributed by atoms with van der Waals surface area (Å²) in [5.74, 6) is -0.327. The van der Waals surface area contributed by atoms with Gasteiger partial charge in [0.05, 0.1) is 32.3 Å². The molecule has 6 heteroatoms. The molecule has 6 nitrogen and oxygen atoms in total. The van der Waals surface area contributed by atoms with Gasteiger partial charge in [-0.3, -0.25) is 9.69 Å². The predicted octanol–water partition coefficient (Wildman–Crippen LogP) is 1.58. The van der Waals surface area contributed by atoms with Crippen LogP contribution in [0.4, 0.5) is 4.79 Å². The first kappa shape index (κ1) is 15.8. The SMILES string of the molecule is CCOC(=O)C[C@H]1COCCN1C(=O)OC(C)(C)C. The second-order valence-corrected chi connectivity index (χ2v) is 5.41. The molecular formula is C13H23NO5. The lowest BCUT2D eigenvalue weighted by molar-refractivity contribution is -0.146. The van der Waals surface area contributed by atoms with E-state index in [1.807, 2.05) is 20.8 Å². The average molecular weight is 273 g/mol. The van der Waals surface area contributed by atoms with Crippen molar-refractivity contribution in [3.8, 4) is 0 Å². The maximum Gasteiger partial charge on any atom is 0.410 e. The molecule has 1 amide bonds. The van der Waals surface area contributed by atoms with Crippen LogP contribution in [0.5, 0.6) is 0 Å². The minimum Gasteiger partial charge on any atom is -0.466 e. The topological polar surface area (TPSA) is 65.1 Å². The third kappa shape index (κ3) is 5.46. The lowest BCUT2D eigenvalue weighted by atomic mass is 10.1. The summed E-state index contributed by atoms with van der Waals surface area (Å²) in [7, 11) is 0. The second kappa shape index (κ2) is 6.75. The molecule has 0 radical (unpaired) electrons. The molecule has 1 aliphatic rings. The molecule has 1 fully saturated rings. The van der Waals surface area contributed by atoms with Gasteiger partial charge in [0.2, 0.25) is 0 Å². The van der Waals surface area contributed by atoms with Crippen molar-refractivity contribution in [2.75, 3.05) is 26.4 Å². The minimum atomic E-state index is -0.552. The van der Waals surface area contributed by atoms with Crippen molar-refractivity contribution in [2.45, 2.75) is 45.8 Å². The lowest BCUT2D eigenvalue weighted by Gasteiger charge is -2.36. The molecule has 1 rings (SSSR count). The number of nitrogens with zero attached hydrogens (tertiary/aromatic N) is 1. The molecule has 1 heterocycles. The summed E-state index contributed by atoms with van der Waals surface area (Å²) >= 11 is 0. The van der Waals surface area contributed by atoms with Crippen molar-refractivity contribution in [3.05, 3.63) is 0 Å².